The molecule has 0 N–H and O–H groups in total. The molecule has 5 nitrogen and oxygen atoms in total. The van der Waals surface area contributed by atoms with E-state index in [0.29, 0.717) is 44.9 Å². The van der Waals surface area contributed by atoms with E-state index >= 15 is 0 Å². The molecule has 2 aliphatic rings. The molecule has 2 aromatic carbocycles. The predicted octanol–water partition coefficient (Wildman–Crippen LogP) is 4.73. The Bertz CT molecular complexity index is 1040. The van der Waals surface area contributed by atoms with Gasteiger partial charge < -0.3 is 19.4 Å². The lowest BCUT2D eigenvalue weighted by Gasteiger charge is -2.38. The van der Waals surface area contributed by atoms with Gasteiger partial charge in [0.05, 0.1) is 17.9 Å². The van der Waals surface area contributed by atoms with Crippen molar-refractivity contribution >= 4 is 17.3 Å². The number of rotatable bonds is 4. The molecule has 0 saturated carbocycles. The van der Waals surface area contributed by atoms with Crippen molar-refractivity contribution in [2.24, 2.45) is 0 Å². The van der Waals surface area contributed by atoms with Crippen LogP contribution in [0.1, 0.15) is 37.5 Å². The summed E-state index contributed by atoms with van der Waals surface area (Å²) in [6, 6.07) is 12.1. The number of likely N-dealkylation sites (N-methyl/N-ethyl adjacent to an activating group) is 1. The average molecular weight is 490 g/mol. The molecule has 2 saturated heterocycles. The zero-order chi connectivity index (χ0) is 25.4. The lowest BCUT2D eigenvalue weighted by molar-refractivity contribution is -0.137. The molecule has 2 aliphatic heterocycles. The second-order valence-corrected chi connectivity index (χ2v) is 10.5. The van der Waals surface area contributed by atoms with E-state index in [9.17, 15) is 18.0 Å². The minimum atomic E-state index is -4.48. The van der Waals surface area contributed by atoms with Crippen LogP contribution in [-0.2, 0) is 27.5 Å². The van der Waals surface area contributed by atoms with E-state index in [1.54, 1.807) is 15.9 Å². The molecular formula is C27H34F3N3O2. The maximum absolute atomic E-state index is 14.0. The molecule has 2 aromatic rings. The van der Waals surface area contributed by atoms with Crippen LogP contribution in [0, 0.1) is 0 Å². The van der Waals surface area contributed by atoms with Gasteiger partial charge in [0.25, 0.3) is 5.91 Å². The van der Waals surface area contributed by atoms with E-state index in [2.05, 4.69) is 25.7 Å². The van der Waals surface area contributed by atoms with Crippen molar-refractivity contribution in [2.75, 3.05) is 56.2 Å². The summed E-state index contributed by atoms with van der Waals surface area (Å²) >= 11 is 0. The summed E-state index contributed by atoms with van der Waals surface area (Å²) in [7, 11) is 1.96. The summed E-state index contributed by atoms with van der Waals surface area (Å²) in [6.45, 7) is 9.51. The van der Waals surface area contributed by atoms with Gasteiger partial charge >= 0.3 is 6.18 Å². The number of nitrogens with zero attached hydrogens (tertiary/aromatic N) is 3. The van der Waals surface area contributed by atoms with Crippen LogP contribution in [0.5, 0.6) is 0 Å². The van der Waals surface area contributed by atoms with Gasteiger partial charge in [-0.1, -0.05) is 45.0 Å². The molecule has 0 aliphatic carbocycles. The molecule has 8 heteroatoms. The maximum Gasteiger partial charge on any atom is 0.418 e. The van der Waals surface area contributed by atoms with Crippen LogP contribution >= 0.6 is 0 Å². The van der Waals surface area contributed by atoms with Crippen LogP contribution in [-0.4, -0.2) is 63.3 Å². The minimum absolute atomic E-state index is 0.000751. The average Bonchev–Trinajstić information content (AvgIpc) is 2.80. The molecule has 0 spiro atoms. The Morgan fingerprint density at radius 2 is 1.60 bits per heavy atom. The Morgan fingerprint density at radius 1 is 0.943 bits per heavy atom. The second kappa shape index (κ2) is 9.82. The number of anilines is 2. The Balaban J connectivity index is 1.60. The third kappa shape index (κ3) is 5.64. The van der Waals surface area contributed by atoms with Crippen molar-refractivity contribution in [1.29, 1.82) is 0 Å². The Hall–Kier alpha value is -2.58. The highest BCUT2D eigenvalue weighted by molar-refractivity contribution is 5.97. The molecule has 0 bridgehead atoms. The quantitative estimate of drug-likeness (QED) is 0.622. The van der Waals surface area contributed by atoms with Crippen molar-refractivity contribution in [3.8, 4) is 0 Å². The fraction of sp³-hybridized carbons (Fsp3) is 0.519. The monoisotopic (exact) mass is 489 g/mol. The number of alkyl halides is 3. The van der Waals surface area contributed by atoms with Gasteiger partial charge in [-0.2, -0.15) is 13.2 Å². The molecule has 190 valence electrons. The van der Waals surface area contributed by atoms with Crippen molar-refractivity contribution in [2.45, 2.75) is 44.9 Å². The Kier molecular flexibility index (Phi) is 7.16. The molecule has 0 radical (unpaired) electrons. The number of piperazine rings is 1. The smallest absolute Gasteiger partial charge is 0.368 e. The first-order valence-electron chi connectivity index (χ1n) is 12.1. The fourth-order valence-corrected chi connectivity index (χ4v) is 4.77. The fourth-order valence-electron chi connectivity index (χ4n) is 4.77. The van der Waals surface area contributed by atoms with Crippen LogP contribution in [0.25, 0.3) is 0 Å². The highest BCUT2D eigenvalue weighted by Gasteiger charge is 2.38. The largest absolute Gasteiger partial charge is 0.418 e. The molecule has 1 atom stereocenters. The summed E-state index contributed by atoms with van der Waals surface area (Å²) in [4.78, 5) is 19.0. The summed E-state index contributed by atoms with van der Waals surface area (Å²) in [5, 5.41) is 0. The molecule has 0 aromatic heterocycles. The summed E-state index contributed by atoms with van der Waals surface area (Å²) in [5.74, 6) is -0.221. The molecule has 2 fully saturated rings. The SMILES string of the molecule is CN1CCN(c2c(CC3OCCN(c4ccc(C(C)(C)C)cc4)C3=O)cccc2C(F)(F)F)CC1. The standard InChI is InChI=1S/C27H34F3N3O2/c1-26(2,3)20-8-10-21(11-9-20)33-16-17-35-23(25(33)34)18-19-6-5-7-22(27(28,29)30)24(19)32-14-12-31(4)13-15-32/h5-11,23H,12-18H2,1-4H3. The topological polar surface area (TPSA) is 36.0 Å². The summed E-state index contributed by atoms with van der Waals surface area (Å²) < 4.78 is 47.7. The van der Waals surface area contributed by atoms with Gasteiger partial charge in [0.1, 0.15) is 6.10 Å². The number of amides is 1. The van der Waals surface area contributed by atoms with E-state index in [1.807, 2.05) is 31.3 Å². The van der Waals surface area contributed by atoms with Crippen LogP contribution in [0.4, 0.5) is 24.5 Å². The molecular weight excluding hydrogens is 455 g/mol. The Labute approximate surface area is 205 Å². The van der Waals surface area contributed by atoms with E-state index < -0.39 is 17.8 Å². The van der Waals surface area contributed by atoms with Gasteiger partial charge in [0.2, 0.25) is 0 Å². The first-order chi connectivity index (χ1) is 16.4. The third-order valence-corrected chi connectivity index (χ3v) is 6.87. The predicted molar refractivity (Wildman–Crippen MR) is 132 cm³/mol. The van der Waals surface area contributed by atoms with E-state index in [1.165, 1.54) is 11.6 Å². The number of halogens is 3. The number of carbonyl (C=O) groups is 1. The van der Waals surface area contributed by atoms with E-state index in [4.69, 9.17) is 4.74 Å². The number of hydrogen-bond acceptors (Lipinski definition) is 4. The molecule has 4 rings (SSSR count). The van der Waals surface area contributed by atoms with Crippen LogP contribution in [0.2, 0.25) is 0 Å². The van der Waals surface area contributed by atoms with Gasteiger partial charge in [-0.25, -0.2) is 0 Å². The molecule has 1 unspecified atom stereocenters. The number of morpholine rings is 1. The first kappa shape index (κ1) is 25.5. The lowest BCUT2D eigenvalue weighted by Crippen LogP contribution is -2.49. The Morgan fingerprint density at radius 3 is 2.20 bits per heavy atom. The van der Waals surface area contributed by atoms with Crippen molar-refractivity contribution in [3.05, 3.63) is 59.2 Å². The van der Waals surface area contributed by atoms with E-state index in [0.717, 1.165) is 11.8 Å². The summed E-state index contributed by atoms with van der Waals surface area (Å²) in [6.07, 6.45) is -5.21. The zero-order valence-corrected chi connectivity index (χ0v) is 20.9. The van der Waals surface area contributed by atoms with Gasteiger partial charge in [0.15, 0.2) is 0 Å². The van der Waals surface area contributed by atoms with Gasteiger partial charge in [-0.15, -0.1) is 0 Å². The first-order valence-corrected chi connectivity index (χ1v) is 12.1. The van der Waals surface area contributed by atoms with Crippen molar-refractivity contribution in [1.82, 2.24) is 4.90 Å². The second-order valence-electron chi connectivity index (χ2n) is 10.5. The molecule has 1 amide bonds. The number of hydrogen-bond donors (Lipinski definition) is 0. The normalized spacial score (nSPS) is 20.4. The number of para-hydroxylation sites is 1. The van der Waals surface area contributed by atoms with Gasteiger partial charge in [-0.3, -0.25) is 4.79 Å². The molecule has 2 heterocycles. The van der Waals surface area contributed by atoms with Crippen LogP contribution < -0.4 is 9.80 Å². The number of benzene rings is 2. The minimum Gasteiger partial charge on any atom is -0.368 e. The number of ether oxygens (including phenoxy) is 1. The van der Waals surface area contributed by atoms with Gasteiger partial charge in [0, 0.05) is 44.8 Å². The highest BCUT2D eigenvalue weighted by Crippen LogP contribution is 2.40. The van der Waals surface area contributed by atoms with E-state index in [-0.39, 0.29) is 23.4 Å². The zero-order valence-electron chi connectivity index (χ0n) is 20.9. The number of carbonyl (C=O) groups excluding carboxylic acids is 1. The highest BCUT2D eigenvalue weighted by atomic mass is 19.4. The third-order valence-electron chi connectivity index (χ3n) is 6.87. The van der Waals surface area contributed by atoms with Crippen molar-refractivity contribution < 1.29 is 22.7 Å². The van der Waals surface area contributed by atoms with Crippen LogP contribution in [0.3, 0.4) is 0 Å². The van der Waals surface area contributed by atoms with Crippen molar-refractivity contribution in [3.63, 3.8) is 0 Å². The lowest BCUT2D eigenvalue weighted by atomic mass is 9.87. The summed E-state index contributed by atoms with van der Waals surface area (Å²) in [5.41, 5.74) is 1.96. The van der Waals surface area contributed by atoms with Gasteiger partial charge in [-0.05, 0) is 41.8 Å². The van der Waals surface area contributed by atoms with Crippen LogP contribution in [0.15, 0.2) is 42.5 Å². The molecule has 35 heavy (non-hydrogen) atoms. The maximum atomic E-state index is 14.0.